The van der Waals surface area contributed by atoms with Crippen LogP contribution in [-0.4, -0.2) is 19.3 Å². The minimum Gasteiger partial charge on any atom is -0.543 e. The van der Waals surface area contributed by atoms with E-state index in [1.54, 1.807) is 24.3 Å². The van der Waals surface area contributed by atoms with E-state index in [4.69, 9.17) is 4.43 Å². The summed E-state index contributed by atoms with van der Waals surface area (Å²) in [4.78, 5) is 15.2. The van der Waals surface area contributed by atoms with E-state index < -0.39 is 37.0 Å². The number of rotatable bonds is 3. The highest BCUT2D eigenvalue weighted by Crippen LogP contribution is 2.39. The number of benzene rings is 2. The van der Waals surface area contributed by atoms with Crippen LogP contribution in [-0.2, 0) is 4.79 Å². The van der Waals surface area contributed by atoms with Crippen molar-refractivity contribution in [1.82, 2.24) is 0 Å². The second-order valence-corrected chi connectivity index (χ2v) is 12.8. The van der Waals surface area contributed by atoms with Crippen molar-refractivity contribution >= 4 is 20.0 Å². The number of fused-ring (bicyclic) bond motifs is 1. The molecule has 0 bridgehead atoms. The molecular formula is C20H21F2NO3Si. The van der Waals surface area contributed by atoms with Gasteiger partial charge in [0.1, 0.15) is 11.1 Å². The van der Waals surface area contributed by atoms with Crippen molar-refractivity contribution in [1.29, 1.82) is 0 Å². The van der Waals surface area contributed by atoms with Gasteiger partial charge in [-0.15, -0.1) is 0 Å². The van der Waals surface area contributed by atoms with Crippen LogP contribution in [0.1, 0.15) is 20.8 Å². The Labute approximate surface area is 157 Å². The molecule has 0 aliphatic carbocycles. The molecule has 0 spiro atoms. The lowest BCUT2D eigenvalue weighted by atomic mass is 10.0. The summed E-state index contributed by atoms with van der Waals surface area (Å²) in [6, 6.07) is 7.91. The first-order valence-corrected chi connectivity index (χ1v) is 11.5. The van der Waals surface area contributed by atoms with Crippen LogP contribution in [0.2, 0.25) is 18.1 Å². The van der Waals surface area contributed by atoms with Gasteiger partial charge in [0.25, 0.3) is 8.32 Å². The van der Waals surface area contributed by atoms with Crippen LogP contribution in [0.25, 0.3) is 16.9 Å². The van der Waals surface area contributed by atoms with E-state index in [1.165, 1.54) is 0 Å². The van der Waals surface area contributed by atoms with Crippen LogP contribution >= 0.6 is 0 Å². The van der Waals surface area contributed by atoms with Gasteiger partial charge in [0.05, 0.1) is 5.22 Å². The molecule has 4 nitrogen and oxygen atoms in total. The van der Waals surface area contributed by atoms with E-state index in [0.717, 1.165) is 6.07 Å². The lowest BCUT2D eigenvalue weighted by Crippen LogP contribution is -2.44. The minimum absolute atomic E-state index is 0.0737. The van der Waals surface area contributed by atoms with Crippen LogP contribution in [0.15, 0.2) is 35.3 Å². The van der Waals surface area contributed by atoms with E-state index in [2.05, 4.69) is 38.9 Å². The third-order valence-corrected chi connectivity index (χ3v) is 9.54. The second kappa shape index (κ2) is 6.26. The van der Waals surface area contributed by atoms with E-state index >= 15 is 0 Å². The maximum Gasteiger partial charge on any atom is 0.313 e. The van der Waals surface area contributed by atoms with Crippen molar-refractivity contribution in [2.45, 2.75) is 38.9 Å². The number of halogens is 2. The number of para-hydroxylation sites is 1. The maximum absolute atomic E-state index is 14.2. The summed E-state index contributed by atoms with van der Waals surface area (Å²) >= 11 is 0. The molecule has 0 atom stereocenters. The van der Waals surface area contributed by atoms with Gasteiger partial charge in [0.2, 0.25) is 0 Å². The van der Waals surface area contributed by atoms with Gasteiger partial charge in [-0.1, -0.05) is 39.0 Å². The first kappa shape index (κ1) is 19.2. The molecule has 7 heteroatoms. The highest BCUT2D eigenvalue weighted by Gasteiger charge is 2.39. The maximum atomic E-state index is 14.2. The SMILES string of the molecule is CC(C)(C)[Si](C)(C)Oc1ccccc1-c1cc(F)c(F)c2c1=C(O)C(=O)N=2. The number of carbonyl (C=O) groups is 1. The van der Waals surface area contributed by atoms with Crippen molar-refractivity contribution in [3.05, 3.63) is 52.5 Å². The number of amides is 1. The highest BCUT2D eigenvalue weighted by molar-refractivity contribution is 6.74. The molecule has 1 heterocycles. The number of hydrogen-bond donors (Lipinski definition) is 1. The van der Waals surface area contributed by atoms with Crippen molar-refractivity contribution in [3.63, 3.8) is 0 Å². The second-order valence-electron chi connectivity index (χ2n) is 8.07. The Bertz CT molecular complexity index is 1070. The Morgan fingerprint density at radius 1 is 1.11 bits per heavy atom. The van der Waals surface area contributed by atoms with Crippen LogP contribution in [0, 0.1) is 11.6 Å². The molecule has 2 aromatic rings. The average Bonchev–Trinajstić information content (AvgIpc) is 2.86. The van der Waals surface area contributed by atoms with Gasteiger partial charge in [-0.05, 0) is 30.3 Å². The van der Waals surface area contributed by atoms with Crippen molar-refractivity contribution in [2.24, 2.45) is 4.99 Å². The fourth-order valence-electron chi connectivity index (χ4n) is 2.64. The molecule has 1 aliphatic heterocycles. The molecule has 1 N–H and O–H groups in total. The Kier molecular flexibility index (Phi) is 4.46. The van der Waals surface area contributed by atoms with Crippen molar-refractivity contribution < 1.29 is 23.1 Å². The molecule has 0 unspecified atom stereocenters. The summed E-state index contributed by atoms with van der Waals surface area (Å²) in [5, 5.41) is 9.45. The normalized spacial score (nSPS) is 14.2. The predicted octanol–water partition coefficient (Wildman–Crippen LogP) is 3.84. The Morgan fingerprint density at radius 3 is 2.37 bits per heavy atom. The monoisotopic (exact) mass is 389 g/mol. The minimum atomic E-state index is -2.22. The van der Waals surface area contributed by atoms with Crippen molar-refractivity contribution in [3.8, 4) is 16.9 Å². The molecule has 0 saturated heterocycles. The fraction of sp³-hybridized carbons (Fsp3) is 0.300. The predicted molar refractivity (Wildman–Crippen MR) is 101 cm³/mol. The summed E-state index contributed by atoms with van der Waals surface area (Å²) in [7, 11) is -2.22. The first-order chi connectivity index (χ1) is 12.4. The highest BCUT2D eigenvalue weighted by atomic mass is 28.4. The van der Waals surface area contributed by atoms with Gasteiger partial charge < -0.3 is 9.53 Å². The Morgan fingerprint density at radius 2 is 1.74 bits per heavy atom. The zero-order chi connectivity index (χ0) is 20.1. The number of nitrogens with zero attached hydrogens (tertiary/aromatic N) is 1. The molecule has 0 aromatic heterocycles. The fourth-order valence-corrected chi connectivity index (χ4v) is 3.67. The van der Waals surface area contributed by atoms with Gasteiger partial charge in [-0.2, -0.15) is 0 Å². The number of aliphatic hydroxyl groups is 1. The van der Waals surface area contributed by atoms with Crippen molar-refractivity contribution in [2.75, 3.05) is 0 Å². The molecule has 0 saturated carbocycles. The Hall–Kier alpha value is -2.54. The van der Waals surface area contributed by atoms with Crippen LogP contribution < -0.4 is 15.0 Å². The molecule has 3 rings (SSSR count). The summed E-state index contributed by atoms with van der Waals surface area (Å²) in [6.45, 7) is 10.4. The van der Waals surface area contributed by atoms with Crippen LogP contribution in [0.4, 0.5) is 8.78 Å². The zero-order valence-corrected chi connectivity index (χ0v) is 16.9. The molecule has 0 radical (unpaired) electrons. The third kappa shape index (κ3) is 3.16. The van der Waals surface area contributed by atoms with E-state index in [9.17, 15) is 18.7 Å². The molecule has 0 fully saturated rings. The molecule has 2 aromatic carbocycles. The smallest absolute Gasteiger partial charge is 0.313 e. The quantitative estimate of drug-likeness (QED) is 0.812. The van der Waals surface area contributed by atoms with Gasteiger partial charge in [-0.3, -0.25) is 4.79 Å². The number of hydrogen-bond acceptors (Lipinski definition) is 3. The summed E-state index contributed by atoms with van der Waals surface area (Å²) in [5.74, 6) is -3.59. The van der Waals surface area contributed by atoms with Gasteiger partial charge in [-0.25, -0.2) is 13.8 Å². The molecular weight excluding hydrogens is 368 g/mol. The number of carbonyl (C=O) groups excluding carboxylic acids is 1. The average molecular weight is 389 g/mol. The topological polar surface area (TPSA) is 58.9 Å². The summed E-state index contributed by atoms with van der Waals surface area (Å²) < 4.78 is 34.6. The largest absolute Gasteiger partial charge is 0.543 e. The summed E-state index contributed by atoms with van der Waals surface area (Å²) in [6.07, 6.45) is 0. The lowest BCUT2D eigenvalue weighted by Gasteiger charge is -2.37. The lowest BCUT2D eigenvalue weighted by molar-refractivity contribution is -0.114. The molecule has 1 aliphatic rings. The van der Waals surface area contributed by atoms with E-state index in [1.807, 2.05) is 0 Å². The standard InChI is InChI=1S/C20H21F2NO3Si/c1-20(2,3)27(4,5)26-14-9-7-6-8-11(14)12-10-13(21)16(22)17-15(12)18(24)19(25)23-17/h6-10H,1-5H3,(H,23,24,25). The van der Waals surface area contributed by atoms with Gasteiger partial charge >= 0.3 is 5.91 Å². The first-order valence-electron chi connectivity index (χ1n) is 8.57. The molecule has 142 valence electrons. The van der Waals surface area contributed by atoms with Crippen LogP contribution in [0.3, 0.4) is 0 Å². The van der Waals surface area contributed by atoms with E-state index in [0.29, 0.717) is 11.3 Å². The van der Waals surface area contributed by atoms with Gasteiger partial charge in [0, 0.05) is 11.1 Å². The molecule has 1 amide bonds. The third-order valence-electron chi connectivity index (χ3n) is 5.20. The molecule has 27 heavy (non-hydrogen) atoms. The summed E-state index contributed by atoms with van der Waals surface area (Å²) in [5.41, 5.74) is 0.638. The number of aliphatic hydroxyl groups excluding tert-OH is 1. The van der Waals surface area contributed by atoms with Gasteiger partial charge in [0.15, 0.2) is 17.4 Å². The van der Waals surface area contributed by atoms with E-state index in [-0.39, 0.29) is 15.8 Å². The Balaban J connectivity index is 2.29. The van der Waals surface area contributed by atoms with Crippen LogP contribution in [0.5, 0.6) is 5.75 Å². The zero-order valence-electron chi connectivity index (χ0n) is 15.9.